The van der Waals surface area contributed by atoms with Gasteiger partial charge in [0.15, 0.2) is 0 Å². The van der Waals surface area contributed by atoms with Gasteiger partial charge in [-0.05, 0) is 18.7 Å². The molecule has 1 aromatic heterocycles. The lowest BCUT2D eigenvalue weighted by molar-refractivity contribution is 0.0947. The van der Waals surface area contributed by atoms with Crippen LogP contribution in [0.4, 0.5) is 0 Å². The zero-order valence-electron chi connectivity index (χ0n) is 8.82. The van der Waals surface area contributed by atoms with Gasteiger partial charge in [-0.2, -0.15) is 11.8 Å². The summed E-state index contributed by atoms with van der Waals surface area (Å²) in [5.41, 5.74) is 0. The second-order valence-electron chi connectivity index (χ2n) is 3.20. The Bertz CT molecular complexity index is 324. The van der Waals surface area contributed by atoms with E-state index in [2.05, 4.69) is 24.9 Å². The Morgan fingerprint density at radius 2 is 2.47 bits per heavy atom. The van der Waals surface area contributed by atoms with E-state index < -0.39 is 0 Å². The van der Waals surface area contributed by atoms with Gasteiger partial charge in [-0.3, -0.25) is 4.79 Å². The molecule has 1 atom stereocenters. The number of carbonyl (C=O) groups is 1. The number of rotatable bonds is 5. The minimum Gasteiger partial charge on any atom is -0.348 e. The summed E-state index contributed by atoms with van der Waals surface area (Å²) in [4.78, 5) is 13.3. The number of amides is 1. The van der Waals surface area contributed by atoms with Crippen molar-refractivity contribution in [3.05, 3.63) is 16.3 Å². The molecule has 0 aliphatic carbocycles. The lowest BCUT2D eigenvalue weighted by atomic mass is 10.3. The van der Waals surface area contributed by atoms with Gasteiger partial charge < -0.3 is 5.32 Å². The predicted octanol–water partition coefficient (Wildman–Crippen LogP) is 2.91. The first kappa shape index (κ1) is 12.9. The highest BCUT2D eigenvalue weighted by Gasteiger charge is 2.11. The molecule has 15 heavy (non-hydrogen) atoms. The van der Waals surface area contributed by atoms with Gasteiger partial charge in [0.25, 0.3) is 5.91 Å². The van der Waals surface area contributed by atoms with Crippen LogP contribution >= 0.6 is 35.7 Å². The normalized spacial score (nSPS) is 12.5. The quantitative estimate of drug-likeness (QED) is 0.798. The van der Waals surface area contributed by atoms with Gasteiger partial charge in [0.2, 0.25) is 0 Å². The molecule has 0 saturated carbocycles. The first-order valence-electron chi connectivity index (χ1n) is 4.79. The van der Waals surface area contributed by atoms with Crippen molar-refractivity contribution in [1.82, 2.24) is 5.32 Å². The highest BCUT2D eigenvalue weighted by Crippen LogP contribution is 2.17. The molecule has 1 unspecified atom stereocenters. The highest BCUT2D eigenvalue weighted by molar-refractivity contribution is 7.99. The van der Waals surface area contributed by atoms with Gasteiger partial charge in [0, 0.05) is 22.1 Å². The van der Waals surface area contributed by atoms with Gasteiger partial charge in [-0.15, -0.1) is 24.0 Å². The SMILES string of the molecule is CCSCC(C)NC(=O)c1cc(S)cs1. The maximum absolute atomic E-state index is 11.7. The third-order valence-electron chi connectivity index (χ3n) is 1.76. The maximum atomic E-state index is 11.7. The van der Waals surface area contributed by atoms with Gasteiger partial charge in [0.05, 0.1) is 4.88 Å². The summed E-state index contributed by atoms with van der Waals surface area (Å²) in [5.74, 6) is 2.05. The summed E-state index contributed by atoms with van der Waals surface area (Å²) in [6.07, 6.45) is 0. The highest BCUT2D eigenvalue weighted by atomic mass is 32.2. The van der Waals surface area contributed by atoms with Gasteiger partial charge in [-0.25, -0.2) is 0 Å². The van der Waals surface area contributed by atoms with Crippen LogP contribution in [0, 0.1) is 0 Å². The topological polar surface area (TPSA) is 29.1 Å². The molecular formula is C10H15NOS3. The number of hydrogen-bond acceptors (Lipinski definition) is 4. The average molecular weight is 261 g/mol. The van der Waals surface area contributed by atoms with E-state index in [9.17, 15) is 4.79 Å². The van der Waals surface area contributed by atoms with Crippen molar-refractivity contribution in [3.8, 4) is 0 Å². The minimum absolute atomic E-state index is 0.00417. The van der Waals surface area contributed by atoms with E-state index in [1.165, 1.54) is 11.3 Å². The van der Waals surface area contributed by atoms with E-state index in [1.807, 2.05) is 24.1 Å². The molecule has 0 aromatic carbocycles. The summed E-state index contributed by atoms with van der Waals surface area (Å²) in [6, 6.07) is 2.01. The summed E-state index contributed by atoms with van der Waals surface area (Å²) in [6.45, 7) is 4.14. The molecule has 2 nitrogen and oxygen atoms in total. The van der Waals surface area contributed by atoms with E-state index in [-0.39, 0.29) is 11.9 Å². The fourth-order valence-corrected chi connectivity index (χ4v) is 2.80. The Kier molecular flexibility index (Phi) is 5.56. The van der Waals surface area contributed by atoms with Crippen LogP contribution in [0.1, 0.15) is 23.5 Å². The zero-order valence-corrected chi connectivity index (χ0v) is 11.3. The summed E-state index contributed by atoms with van der Waals surface area (Å²) < 4.78 is 0. The zero-order chi connectivity index (χ0) is 11.3. The first-order valence-corrected chi connectivity index (χ1v) is 7.27. The number of hydrogen-bond donors (Lipinski definition) is 2. The molecule has 5 heteroatoms. The maximum Gasteiger partial charge on any atom is 0.261 e. The van der Waals surface area contributed by atoms with Gasteiger partial charge >= 0.3 is 0 Å². The van der Waals surface area contributed by atoms with Crippen molar-refractivity contribution in [1.29, 1.82) is 0 Å². The fourth-order valence-electron chi connectivity index (χ4n) is 1.08. The third-order valence-corrected chi connectivity index (χ3v) is 4.26. The molecule has 1 amide bonds. The molecule has 0 spiro atoms. The van der Waals surface area contributed by atoms with Crippen molar-refractivity contribution in [2.45, 2.75) is 24.8 Å². The fraction of sp³-hybridized carbons (Fsp3) is 0.500. The molecule has 1 heterocycles. The Morgan fingerprint density at radius 3 is 3.00 bits per heavy atom. The number of thiophene rings is 1. The Hall–Kier alpha value is -0.130. The lowest BCUT2D eigenvalue weighted by Crippen LogP contribution is -2.33. The Balaban J connectivity index is 2.42. The third kappa shape index (κ3) is 4.49. The second kappa shape index (κ2) is 6.45. The second-order valence-corrected chi connectivity index (χ2v) is 5.95. The van der Waals surface area contributed by atoms with E-state index in [1.54, 1.807) is 6.07 Å². The largest absolute Gasteiger partial charge is 0.348 e. The number of carbonyl (C=O) groups excluding carboxylic acids is 1. The van der Waals surface area contributed by atoms with Crippen molar-refractivity contribution >= 4 is 41.6 Å². The van der Waals surface area contributed by atoms with E-state index >= 15 is 0 Å². The van der Waals surface area contributed by atoms with Crippen LogP contribution in [0.2, 0.25) is 0 Å². The monoisotopic (exact) mass is 261 g/mol. The molecule has 0 saturated heterocycles. The van der Waals surface area contributed by atoms with Crippen molar-refractivity contribution in [2.24, 2.45) is 0 Å². The van der Waals surface area contributed by atoms with Crippen molar-refractivity contribution in [3.63, 3.8) is 0 Å². The molecule has 0 aliphatic rings. The van der Waals surface area contributed by atoms with Gasteiger partial charge in [0.1, 0.15) is 0 Å². The summed E-state index contributed by atoms with van der Waals surface area (Å²) in [7, 11) is 0. The standard InChI is InChI=1S/C10H15NOS3/c1-3-14-5-7(2)11-10(12)9-4-8(13)6-15-9/h4,6-7,13H,3,5H2,1-2H3,(H,11,12). The molecule has 1 aromatic rings. The van der Waals surface area contributed by atoms with Crippen LogP contribution in [0.3, 0.4) is 0 Å². The number of nitrogens with one attached hydrogen (secondary N) is 1. The lowest BCUT2D eigenvalue weighted by Gasteiger charge is -2.11. The first-order chi connectivity index (χ1) is 7.13. The van der Waals surface area contributed by atoms with Crippen LogP contribution in [0.5, 0.6) is 0 Å². The van der Waals surface area contributed by atoms with Crippen LogP contribution in [0.25, 0.3) is 0 Å². The Morgan fingerprint density at radius 1 is 1.73 bits per heavy atom. The van der Waals surface area contributed by atoms with Crippen LogP contribution in [-0.4, -0.2) is 23.5 Å². The number of thiol groups is 1. The minimum atomic E-state index is 0.00417. The van der Waals surface area contributed by atoms with E-state index in [4.69, 9.17) is 0 Å². The molecule has 1 N–H and O–H groups in total. The molecule has 0 fully saturated rings. The Labute approximate surface area is 104 Å². The van der Waals surface area contributed by atoms with E-state index in [0.717, 1.165) is 21.3 Å². The summed E-state index contributed by atoms with van der Waals surface area (Å²) in [5, 5.41) is 4.83. The molecule has 1 rings (SSSR count). The van der Waals surface area contributed by atoms with E-state index in [0.29, 0.717) is 0 Å². The van der Waals surface area contributed by atoms with Crippen molar-refractivity contribution < 1.29 is 4.79 Å². The molecular weight excluding hydrogens is 246 g/mol. The average Bonchev–Trinajstić information content (AvgIpc) is 2.61. The van der Waals surface area contributed by atoms with Gasteiger partial charge in [-0.1, -0.05) is 6.92 Å². The van der Waals surface area contributed by atoms with Crippen LogP contribution < -0.4 is 5.32 Å². The van der Waals surface area contributed by atoms with Crippen LogP contribution in [0.15, 0.2) is 16.3 Å². The molecule has 84 valence electrons. The predicted molar refractivity (Wildman–Crippen MR) is 71.5 cm³/mol. The molecule has 0 aliphatic heterocycles. The molecule has 0 bridgehead atoms. The van der Waals surface area contributed by atoms with Crippen LogP contribution in [-0.2, 0) is 0 Å². The summed E-state index contributed by atoms with van der Waals surface area (Å²) >= 11 is 7.43. The smallest absolute Gasteiger partial charge is 0.261 e. The number of thioether (sulfide) groups is 1. The molecule has 0 radical (unpaired) electrons. The van der Waals surface area contributed by atoms with Crippen molar-refractivity contribution in [2.75, 3.05) is 11.5 Å².